The number of halogens is 1. The van der Waals surface area contributed by atoms with Gasteiger partial charge in [-0.2, -0.15) is 0 Å². The highest BCUT2D eigenvalue weighted by Crippen LogP contribution is 2.31. The second kappa shape index (κ2) is 11.0. The molecule has 1 aliphatic heterocycles. The van der Waals surface area contributed by atoms with Crippen LogP contribution in [0, 0.1) is 0 Å². The summed E-state index contributed by atoms with van der Waals surface area (Å²) in [6.45, 7) is 2.05. The molecule has 0 radical (unpaired) electrons. The summed E-state index contributed by atoms with van der Waals surface area (Å²) in [5, 5.41) is 3.33. The number of para-hydroxylation sites is 1. The van der Waals surface area contributed by atoms with Crippen LogP contribution in [0.5, 0.6) is 5.75 Å². The van der Waals surface area contributed by atoms with Gasteiger partial charge in [0.2, 0.25) is 0 Å². The second-order valence-electron chi connectivity index (χ2n) is 7.20. The molecule has 1 aliphatic rings. The number of ether oxygens (including phenoxy) is 1. The number of hydrogen-bond donors (Lipinski definition) is 2. The lowest BCUT2D eigenvalue weighted by atomic mass is 10.0. The summed E-state index contributed by atoms with van der Waals surface area (Å²) in [7, 11) is 0. The Morgan fingerprint density at radius 2 is 1.97 bits per heavy atom. The van der Waals surface area contributed by atoms with Gasteiger partial charge in [0.15, 0.2) is 5.96 Å². The predicted octanol–water partition coefficient (Wildman–Crippen LogP) is 4.06. The summed E-state index contributed by atoms with van der Waals surface area (Å²) in [5.74, 6) is 2.28. The molecular formula is C23H28IN5O. The van der Waals surface area contributed by atoms with Crippen molar-refractivity contribution in [3.63, 3.8) is 0 Å². The minimum Gasteiger partial charge on any atom is -0.493 e. The molecule has 3 aromatic rings. The average Bonchev–Trinajstić information content (AvgIpc) is 3.21. The van der Waals surface area contributed by atoms with Gasteiger partial charge in [0.05, 0.1) is 12.6 Å². The SMILES string of the molecule is I.NC(=NCc1nccn1CCCc1ccccc1)NC1CCOc2ccccc21. The highest BCUT2D eigenvalue weighted by molar-refractivity contribution is 14.0. The molecule has 0 aliphatic carbocycles. The van der Waals surface area contributed by atoms with Gasteiger partial charge in [0.25, 0.3) is 0 Å². The average molecular weight is 517 g/mol. The van der Waals surface area contributed by atoms with Gasteiger partial charge in [-0.1, -0.05) is 48.5 Å². The lowest BCUT2D eigenvalue weighted by Crippen LogP contribution is -2.37. The molecule has 158 valence electrons. The first kappa shape index (κ1) is 22.1. The van der Waals surface area contributed by atoms with Crippen molar-refractivity contribution in [2.24, 2.45) is 10.7 Å². The zero-order chi connectivity index (χ0) is 19.9. The Morgan fingerprint density at radius 3 is 2.83 bits per heavy atom. The number of hydrogen-bond acceptors (Lipinski definition) is 3. The van der Waals surface area contributed by atoms with E-state index in [0.717, 1.165) is 42.9 Å². The van der Waals surface area contributed by atoms with Crippen LogP contribution in [0.25, 0.3) is 0 Å². The van der Waals surface area contributed by atoms with E-state index in [-0.39, 0.29) is 30.0 Å². The molecule has 0 bridgehead atoms. The second-order valence-corrected chi connectivity index (χ2v) is 7.20. The Bertz CT molecular complexity index is 957. The summed E-state index contributed by atoms with van der Waals surface area (Å²) in [6.07, 6.45) is 6.81. The van der Waals surface area contributed by atoms with Crippen LogP contribution in [-0.2, 0) is 19.5 Å². The summed E-state index contributed by atoms with van der Waals surface area (Å²) >= 11 is 0. The molecule has 1 unspecified atom stereocenters. The van der Waals surface area contributed by atoms with Gasteiger partial charge < -0.3 is 20.4 Å². The number of aromatic nitrogens is 2. The van der Waals surface area contributed by atoms with E-state index in [9.17, 15) is 0 Å². The Labute approximate surface area is 194 Å². The maximum atomic E-state index is 6.17. The van der Waals surface area contributed by atoms with Crippen LogP contribution < -0.4 is 15.8 Å². The van der Waals surface area contributed by atoms with Gasteiger partial charge in [-0.25, -0.2) is 9.98 Å². The van der Waals surface area contributed by atoms with Gasteiger partial charge in [0, 0.05) is 30.9 Å². The highest BCUT2D eigenvalue weighted by Gasteiger charge is 2.21. The number of guanidine groups is 1. The fourth-order valence-corrected chi connectivity index (χ4v) is 3.67. The molecule has 0 fully saturated rings. The van der Waals surface area contributed by atoms with E-state index in [1.54, 1.807) is 0 Å². The highest BCUT2D eigenvalue weighted by atomic mass is 127. The molecule has 0 saturated carbocycles. The van der Waals surface area contributed by atoms with Gasteiger partial charge in [-0.3, -0.25) is 0 Å². The molecule has 2 heterocycles. The van der Waals surface area contributed by atoms with Crippen molar-refractivity contribution in [2.45, 2.75) is 38.4 Å². The van der Waals surface area contributed by atoms with E-state index >= 15 is 0 Å². The zero-order valence-electron chi connectivity index (χ0n) is 16.9. The number of aliphatic imine (C=N–C) groups is 1. The van der Waals surface area contributed by atoms with Crippen LogP contribution >= 0.6 is 24.0 Å². The number of benzene rings is 2. The zero-order valence-corrected chi connectivity index (χ0v) is 19.2. The number of aryl methyl sites for hydroxylation is 2. The number of imidazole rings is 1. The molecule has 0 amide bonds. The van der Waals surface area contributed by atoms with E-state index in [2.05, 4.69) is 50.2 Å². The minimum absolute atomic E-state index is 0. The van der Waals surface area contributed by atoms with E-state index < -0.39 is 0 Å². The van der Waals surface area contributed by atoms with Crippen molar-refractivity contribution >= 4 is 29.9 Å². The molecule has 1 atom stereocenters. The Balaban J connectivity index is 0.00000256. The molecule has 7 heteroatoms. The quantitative estimate of drug-likeness (QED) is 0.282. The monoisotopic (exact) mass is 517 g/mol. The van der Waals surface area contributed by atoms with Gasteiger partial charge in [-0.05, 0) is 24.5 Å². The molecule has 3 N–H and O–H groups in total. The van der Waals surface area contributed by atoms with Crippen LogP contribution in [0.4, 0.5) is 0 Å². The van der Waals surface area contributed by atoms with Gasteiger partial charge in [0.1, 0.15) is 18.1 Å². The van der Waals surface area contributed by atoms with E-state index in [4.69, 9.17) is 10.5 Å². The molecule has 4 rings (SSSR count). The Kier molecular flexibility index (Phi) is 8.12. The van der Waals surface area contributed by atoms with Crippen molar-refractivity contribution < 1.29 is 4.74 Å². The van der Waals surface area contributed by atoms with E-state index in [1.807, 2.05) is 36.7 Å². The largest absolute Gasteiger partial charge is 0.493 e. The number of rotatable bonds is 7. The number of fused-ring (bicyclic) bond motifs is 1. The molecule has 6 nitrogen and oxygen atoms in total. The Morgan fingerprint density at radius 1 is 1.17 bits per heavy atom. The van der Waals surface area contributed by atoms with Gasteiger partial charge in [-0.15, -0.1) is 24.0 Å². The van der Waals surface area contributed by atoms with E-state index in [1.165, 1.54) is 5.56 Å². The van der Waals surface area contributed by atoms with Crippen LogP contribution in [0.15, 0.2) is 72.0 Å². The Hall–Kier alpha value is -2.55. The van der Waals surface area contributed by atoms with Crippen LogP contribution in [0.1, 0.15) is 35.8 Å². The molecular weight excluding hydrogens is 489 g/mol. The summed E-state index contributed by atoms with van der Waals surface area (Å²) in [5.41, 5.74) is 8.65. The number of nitrogens with one attached hydrogen (secondary N) is 1. The van der Waals surface area contributed by atoms with Crippen LogP contribution in [-0.4, -0.2) is 22.1 Å². The van der Waals surface area contributed by atoms with Crippen LogP contribution in [0.3, 0.4) is 0 Å². The van der Waals surface area contributed by atoms with Crippen molar-refractivity contribution in [1.82, 2.24) is 14.9 Å². The fourth-order valence-electron chi connectivity index (χ4n) is 3.67. The third kappa shape index (κ3) is 5.75. The van der Waals surface area contributed by atoms with Crippen molar-refractivity contribution in [2.75, 3.05) is 6.61 Å². The van der Waals surface area contributed by atoms with Crippen molar-refractivity contribution in [1.29, 1.82) is 0 Å². The fraction of sp³-hybridized carbons (Fsp3) is 0.304. The molecule has 0 saturated heterocycles. The third-order valence-corrected chi connectivity index (χ3v) is 5.18. The molecule has 30 heavy (non-hydrogen) atoms. The number of nitrogens with two attached hydrogens (primary N) is 1. The first-order chi connectivity index (χ1) is 14.3. The lowest BCUT2D eigenvalue weighted by molar-refractivity contribution is 0.262. The van der Waals surface area contributed by atoms with Crippen molar-refractivity contribution in [3.05, 3.63) is 83.9 Å². The molecule has 2 aromatic carbocycles. The molecule has 0 spiro atoms. The maximum absolute atomic E-state index is 6.17. The van der Waals surface area contributed by atoms with Crippen molar-refractivity contribution in [3.8, 4) is 5.75 Å². The van der Waals surface area contributed by atoms with Crippen LogP contribution in [0.2, 0.25) is 0 Å². The standard InChI is InChI=1S/C23H27N5O.HI/c24-23(27-20-12-16-29-21-11-5-4-10-19(20)21)26-17-22-25-13-15-28(22)14-6-9-18-7-2-1-3-8-18;/h1-5,7-8,10-11,13,15,20H,6,9,12,14,16-17H2,(H3,24,26,27);1H. The molecule has 1 aromatic heterocycles. The third-order valence-electron chi connectivity index (χ3n) is 5.18. The predicted molar refractivity (Wildman–Crippen MR) is 130 cm³/mol. The smallest absolute Gasteiger partial charge is 0.189 e. The summed E-state index contributed by atoms with van der Waals surface area (Å²) in [6, 6.07) is 18.7. The lowest BCUT2D eigenvalue weighted by Gasteiger charge is -2.26. The first-order valence-electron chi connectivity index (χ1n) is 10.1. The first-order valence-corrected chi connectivity index (χ1v) is 10.1. The minimum atomic E-state index is 0. The maximum Gasteiger partial charge on any atom is 0.189 e. The summed E-state index contributed by atoms with van der Waals surface area (Å²) in [4.78, 5) is 8.97. The van der Waals surface area contributed by atoms with Gasteiger partial charge >= 0.3 is 0 Å². The summed E-state index contributed by atoms with van der Waals surface area (Å²) < 4.78 is 7.86. The van der Waals surface area contributed by atoms with E-state index in [0.29, 0.717) is 19.1 Å². The topological polar surface area (TPSA) is 77.5 Å². The normalized spacial score (nSPS) is 15.6. The number of nitrogens with zero attached hydrogens (tertiary/aromatic N) is 3.